The number of nitrogens with two attached hydrogens (primary N) is 1. The van der Waals surface area contributed by atoms with Crippen LogP contribution in [0.5, 0.6) is 0 Å². The maximum absolute atomic E-state index is 12.3. The number of urea groups is 1. The van der Waals surface area contributed by atoms with Crippen molar-refractivity contribution in [3.8, 4) is 10.6 Å². The Morgan fingerprint density at radius 1 is 1.10 bits per heavy atom. The van der Waals surface area contributed by atoms with Crippen LogP contribution in [0.3, 0.4) is 0 Å². The fraction of sp³-hybridized carbons (Fsp3) is 0.261. The molecule has 2 amide bonds. The van der Waals surface area contributed by atoms with Crippen molar-refractivity contribution < 1.29 is 4.79 Å². The summed E-state index contributed by atoms with van der Waals surface area (Å²) < 4.78 is 0. The number of rotatable bonds is 5. The third-order valence-electron chi connectivity index (χ3n) is 5.60. The van der Waals surface area contributed by atoms with Gasteiger partial charge in [-0.15, -0.1) is 11.3 Å². The number of likely N-dealkylation sites (tertiary alicyclic amines) is 1. The van der Waals surface area contributed by atoms with Crippen LogP contribution in [0.2, 0.25) is 0 Å². The summed E-state index contributed by atoms with van der Waals surface area (Å²) in [5, 5.41) is 3.79. The second-order valence-electron chi connectivity index (χ2n) is 7.79. The van der Waals surface area contributed by atoms with Gasteiger partial charge in [0.05, 0.1) is 5.69 Å². The molecule has 0 unspecified atom stereocenters. The summed E-state index contributed by atoms with van der Waals surface area (Å²) in [6.07, 6.45) is 5.66. The lowest BCUT2D eigenvalue weighted by Crippen LogP contribution is -2.33. The highest BCUT2D eigenvalue weighted by Gasteiger charge is 2.21. The number of carbonyl (C=O) groups is 1. The average Bonchev–Trinajstić information content (AvgIpc) is 3.44. The number of primary amides is 1. The van der Waals surface area contributed by atoms with Gasteiger partial charge in [-0.3, -0.25) is 4.90 Å². The highest BCUT2D eigenvalue weighted by molar-refractivity contribution is 7.13. The number of carbonyl (C=O) groups excluding carboxylic acids is 1. The molecule has 1 aliphatic rings. The van der Waals surface area contributed by atoms with Gasteiger partial charge in [0.2, 0.25) is 0 Å². The number of nitrogens with zero attached hydrogens (tertiary/aromatic N) is 4. The summed E-state index contributed by atoms with van der Waals surface area (Å²) in [5.41, 5.74) is 8.75. The van der Waals surface area contributed by atoms with E-state index in [1.165, 1.54) is 35.5 Å². The Kier molecular flexibility index (Phi) is 5.40. The van der Waals surface area contributed by atoms with Crippen molar-refractivity contribution in [3.05, 3.63) is 59.7 Å². The quantitative estimate of drug-likeness (QED) is 0.470. The molecule has 4 heterocycles. The van der Waals surface area contributed by atoms with Gasteiger partial charge in [-0.1, -0.05) is 12.5 Å². The van der Waals surface area contributed by atoms with Gasteiger partial charge in [0.1, 0.15) is 10.8 Å². The molecule has 8 heteroatoms. The first kappa shape index (κ1) is 19.7. The number of hydrogen-bond acceptors (Lipinski definition) is 5. The minimum atomic E-state index is -0.597. The standard InChI is InChI=1S/C23H24N6OS/c24-23(30)29(20-6-4-5-18(26-20)14-28-11-2-1-3-12-28)21-15-31-22(27-21)17-7-8-19-16(13-17)9-10-25-19/h4-10,13,15,25H,1-3,11-12,14H2,(H2,24,30). The fourth-order valence-corrected chi connectivity index (χ4v) is 4.84. The molecule has 31 heavy (non-hydrogen) atoms. The number of nitrogens with one attached hydrogen (secondary N) is 1. The lowest BCUT2D eigenvalue weighted by Gasteiger charge is -2.26. The number of benzene rings is 1. The molecule has 5 rings (SSSR count). The predicted molar refractivity (Wildman–Crippen MR) is 124 cm³/mol. The van der Waals surface area contributed by atoms with Gasteiger partial charge >= 0.3 is 6.03 Å². The highest BCUT2D eigenvalue weighted by atomic mass is 32.1. The van der Waals surface area contributed by atoms with Crippen molar-refractivity contribution in [1.82, 2.24) is 19.9 Å². The molecule has 1 saturated heterocycles. The Morgan fingerprint density at radius 3 is 2.81 bits per heavy atom. The lowest BCUT2D eigenvalue weighted by atomic mass is 10.1. The van der Waals surface area contributed by atoms with Gasteiger partial charge in [-0.2, -0.15) is 0 Å². The summed E-state index contributed by atoms with van der Waals surface area (Å²) in [6.45, 7) is 2.96. The molecule has 0 spiro atoms. The molecule has 0 saturated carbocycles. The maximum Gasteiger partial charge on any atom is 0.326 e. The second kappa shape index (κ2) is 8.49. The van der Waals surface area contributed by atoms with E-state index in [0.717, 1.165) is 46.8 Å². The van der Waals surface area contributed by atoms with Crippen molar-refractivity contribution in [3.63, 3.8) is 0 Å². The van der Waals surface area contributed by atoms with E-state index in [2.05, 4.69) is 16.0 Å². The Balaban J connectivity index is 1.42. The van der Waals surface area contributed by atoms with Crippen LogP contribution in [0.25, 0.3) is 21.5 Å². The molecule has 4 aromatic rings. The molecule has 0 aliphatic carbocycles. The van der Waals surface area contributed by atoms with Crippen molar-refractivity contribution in [2.45, 2.75) is 25.8 Å². The summed E-state index contributed by atoms with van der Waals surface area (Å²) in [6, 6.07) is 13.3. The van der Waals surface area contributed by atoms with Crippen LogP contribution < -0.4 is 10.6 Å². The topological polar surface area (TPSA) is 91.1 Å². The number of amides is 2. The molecule has 0 bridgehead atoms. The zero-order valence-electron chi connectivity index (χ0n) is 17.1. The van der Waals surface area contributed by atoms with Crippen molar-refractivity contribution >= 4 is 39.9 Å². The molecule has 3 aromatic heterocycles. The second-order valence-corrected chi connectivity index (χ2v) is 8.65. The molecular weight excluding hydrogens is 408 g/mol. The van der Waals surface area contributed by atoms with Gasteiger partial charge in [0.15, 0.2) is 5.82 Å². The maximum atomic E-state index is 12.3. The smallest absolute Gasteiger partial charge is 0.326 e. The number of fused-ring (bicyclic) bond motifs is 1. The Hall–Kier alpha value is -3.23. The number of piperidine rings is 1. The minimum Gasteiger partial charge on any atom is -0.361 e. The van der Waals surface area contributed by atoms with Crippen molar-refractivity contribution in [2.24, 2.45) is 5.73 Å². The van der Waals surface area contributed by atoms with Crippen molar-refractivity contribution in [2.75, 3.05) is 18.0 Å². The summed E-state index contributed by atoms with van der Waals surface area (Å²) >= 11 is 1.48. The van der Waals surface area contributed by atoms with Gasteiger partial charge in [0.25, 0.3) is 0 Å². The molecule has 1 aliphatic heterocycles. The Labute approximate surface area is 184 Å². The number of aromatic nitrogens is 3. The van der Waals surface area contributed by atoms with Gasteiger partial charge in [-0.05, 0) is 62.3 Å². The van der Waals surface area contributed by atoms with E-state index in [9.17, 15) is 4.79 Å². The zero-order chi connectivity index (χ0) is 21.2. The third kappa shape index (κ3) is 4.17. The van der Waals surface area contributed by atoms with E-state index in [0.29, 0.717) is 11.6 Å². The van der Waals surface area contributed by atoms with Crippen LogP contribution in [-0.2, 0) is 6.54 Å². The molecular formula is C23H24N6OS. The van der Waals surface area contributed by atoms with E-state index in [1.54, 1.807) is 6.07 Å². The van der Waals surface area contributed by atoms with Crippen LogP contribution in [0.4, 0.5) is 16.4 Å². The number of anilines is 2. The van der Waals surface area contributed by atoms with E-state index in [4.69, 9.17) is 15.7 Å². The SMILES string of the molecule is NC(=O)N(c1cccc(CN2CCCCC2)n1)c1csc(-c2ccc3[nH]ccc3c2)n1. The van der Waals surface area contributed by atoms with Crippen LogP contribution in [-0.4, -0.2) is 39.0 Å². The average molecular weight is 433 g/mol. The van der Waals surface area contributed by atoms with Gasteiger partial charge in [0, 0.05) is 34.6 Å². The predicted octanol–water partition coefficient (Wildman–Crippen LogP) is 4.89. The molecule has 0 atom stereocenters. The molecule has 1 aromatic carbocycles. The number of H-pyrrole nitrogens is 1. The first-order valence-corrected chi connectivity index (χ1v) is 11.4. The van der Waals surface area contributed by atoms with Crippen LogP contribution in [0.1, 0.15) is 25.0 Å². The number of pyridine rings is 1. The van der Waals surface area contributed by atoms with E-state index in [-0.39, 0.29) is 0 Å². The van der Waals surface area contributed by atoms with Crippen molar-refractivity contribution in [1.29, 1.82) is 0 Å². The van der Waals surface area contributed by atoms with Crippen LogP contribution in [0, 0.1) is 0 Å². The molecule has 0 radical (unpaired) electrons. The molecule has 158 valence electrons. The van der Waals surface area contributed by atoms with Gasteiger partial charge in [-0.25, -0.2) is 19.7 Å². The fourth-order valence-electron chi connectivity index (χ4n) is 4.06. The molecule has 7 nitrogen and oxygen atoms in total. The number of aromatic amines is 1. The summed E-state index contributed by atoms with van der Waals surface area (Å²) in [4.78, 5) is 28.8. The summed E-state index contributed by atoms with van der Waals surface area (Å²) in [5.74, 6) is 0.990. The summed E-state index contributed by atoms with van der Waals surface area (Å²) in [7, 11) is 0. The minimum absolute atomic E-state index is 0.490. The number of thiazole rings is 1. The monoisotopic (exact) mass is 432 g/mol. The third-order valence-corrected chi connectivity index (χ3v) is 6.48. The zero-order valence-corrected chi connectivity index (χ0v) is 17.9. The van der Waals surface area contributed by atoms with Crippen LogP contribution in [0.15, 0.2) is 54.0 Å². The normalized spacial score (nSPS) is 14.7. The Morgan fingerprint density at radius 2 is 1.97 bits per heavy atom. The molecule has 3 N–H and O–H groups in total. The number of hydrogen-bond donors (Lipinski definition) is 2. The van der Waals surface area contributed by atoms with E-state index in [1.807, 2.05) is 41.9 Å². The molecule has 1 fully saturated rings. The first-order valence-electron chi connectivity index (χ1n) is 10.5. The highest BCUT2D eigenvalue weighted by Crippen LogP contribution is 2.32. The lowest BCUT2D eigenvalue weighted by molar-refractivity contribution is 0.218. The van der Waals surface area contributed by atoms with E-state index >= 15 is 0 Å². The largest absolute Gasteiger partial charge is 0.361 e. The Bertz CT molecular complexity index is 1210. The van der Waals surface area contributed by atoms with Gasteiger partial charge < -0.3 is 10.7 Å². The first-order chi connectivity index (χ1) is 15.2. The van der Waals surface area contributed by atoms with E-state index < -0.39 is 6.03 Å². The van der Waals surface area contributed by atoms with Crippen LogP contribution >= 0.6 is 11.3 Å².